The summed E-state index contributed by atoms with van der Waals surface area (Å²) in [5.41, 5.74) is 8.18. The van der Waals surface area contributed by atoms with Crippen molar-refractivity contribution in [2.45, 2.75) is 26.3 Å². The molecular formula is C7H13N3O2. The smallest absolute Gasteiger partial charge is 0.314 e. The second kappa shape index (κ2) is 5.43. The maximum Gasteiger partial charge on any atom is 0.314 e. The third-order valence-electron chi connectivity index (χ3n) is 1.80. The van der Waals surface area contributed by atoms with Gasteiger partial charge in [0.15, 0.2) is 0 Å². The van der Waals surface area contributed by atoms with Gasteiger partial charge >= 0.3 is 5.97 Å². The summed E-state index contributed by atoms with van der Waals surface area (Å²) >= 11 is 0. The second-order valence-electron chi connectivity index (χ2n) is 2.56. The van der Waals surface area contributed by atoms with E-state index in [-0.39, 0.29) is 5.92 Å². The number of hydrogen-bond acceptors (Lipinski definition) is 3. The van der Waals surface area contributed by atoms with Gasteiger partial charge in [-0.3, -0.25) is 4.79 Å². The summed E-state index contributed by atoms with van der Waals surface area (Å²) in [5, 5.41) is 3.37. The van der Waals surface area contributed by atoms with Crippen LogP contribution in [0.3, 0.4) is 0 Å². The van der Waals surface area contributed by atoms with E-state index in [9.17, 15) is 4.79 Å². The Balaban J connectivity index is 4.42. The molecule has 68 valence electrons. The Morgan fingerprint density at radius 1 is 1.75 bits per heavy atom. The van der Waals surface area contributed by atoms with Crippen LogP contribution in [0.25, 0.3) is 10.4 Å². The molecule has 0 radical (unpaired) electrons. The van der Waals surface area contributed by atoms with Crippen LogP contribution in [0.5, 0.6) is 0 Å². The van der Waals surface area contributed by atoms with Gasteiger partial charge in [-0.1, -0.05) is 25.4 Å². The summed E-state index contributed by atoms with van der Waals surface area (Å²) in [6.07, 6.45) is 0.777. The van der Waals surface area contributed by atoms with E-state index >= 15 is 0 Å². The average Bonchev–Trinajstić information content (AvgIpc) is 2.11. The molecule has 0 fully saturated rings. The Hall–Kier alpha value is -1.22. The SMILES string of the molecule is CC[C@H](C)[C@@H](N=[N+]=[N-])C(=O)OC. The van der Waals surface area contributed by atoms with Crippen LogP contribution in [0.4, 0.5) is 0 Å². The van der Waals surface area contributed by atoms with Crippen molar-refractivity contribution in [2.75, 3.05) is 7.11 Å². The lowest BCUT2D eigenvalue weighted by molar-refractivity contribution is -0.143. The van der Waals surface area contributed by atoms with Gasteiger partial charge in [-0.2, -0.15) is 0 Å². The van der Waals surface area contributed by atoms with Gasteiger partial charge < -0.3 is 4.74 Å². The zero-order valence-corrected chi connectivity index (χ0v) is 7.52. The zero-order chi connectivity index (χ0) is 9.56. The van der Waals surface area contributed by atoms with Crippen LogP contribution in [0.15, 0.2) is 5.11 Å². The summed E-state index contributed by atoms with van der Waals surface area (Å²) < 4.78 is 4.48. The monoisotopic (exact) mass is 171 g/mol. The Kier molecular flexibility index (Phi) is 4.88. The molecule has 0 saturated carbocycles. The summed E-state index contributed by atoms with van der Waals surface area (Å²) in [4.78, 5) is 13.6. The van der Waals surface area contributed by atoms with Gasteiger partial charge in [0.2, 0.25) is 0 Å². The molecule has 0 N–H and O–H groups in total. The number of ether oxygens (including phenoxy) is 1. The molecule has 12 heavy (non-hydrogen) atoms. The minimum Gasteiger partial charge on any atom is -0.469 e. The van der Waals surface area contributed by atoms with Crippen molar-refractivity contribution in [2.24, 2.45) is 11.0 Å². The molecule has 0 saturated heterocycles. The van der Waals surface area contributed by atoms with E-state index in [1.54, 1.807) is 0 Å². The molecule has 0 amide bonds. The fraction of sp³-hybridized carbons (Fsp3) is 0.857. The van der Waals surface area contributed by atoms with Gasteiger partial charge in [0.05, 0.1) is 7.11 Å². The lowest BCUT2D eigenvalue weighted by atomic mass is 10.0. The molecule has 5 nitrogen and oxygen atoms in total. The largest absolute Gasteiger partial charge is 0.469 e. The lowest BCUT2D eigenvalue weighted by Gasteiger charge is -2.14. The van der Waals surface area contributed by atoms with Crippen LogP contribution in [0.2, 0.25) is 0 Å². The minimum atomic E-state index is -0.690. The molecular weight excluding hydrogens is 158 g/mol. The van der Waals surface area contributed by atoms with Gasteiger partial charge in [0, 0.05) is 4.91 Å². The van der Waals surface area contributed by atoms with Crippen molar-refractivity contribution in [3.8, 4) is 0 Å². The third kappa shape index (κ3) is 2.80. The van der Waals surface area contributed by atoms with Crippen LogP contribution in [0.1, 0.15) is 20.3 Å². The van der Waals surface area contributed by atoms with E-state index in [0.29, 0.717) is 0 Å². The Labute approximate surface area is 71.3 Å². The summed E-state index contributed by atoms with van der Waals surface area (Å²) in [6.45, 7) is 3.77. The summed E-state index contributed by atoms with van der Waals surface area (Å²) in [7, 11) is 1.28. The highest BCUT2D eigenvalue weighted by Gasteiger charge is 2.22. The predicted molar refractivity (Wildman–Crippen MR) is 44.4 cm³/mol. The highest BCUT2D eigenvalue weighted by Crippen LogP contribution is 2.12. The molecule has 0 rings (SSSR count). The molecule has 0 spiro atoms. The van der Waals surface area contributed by atoms with E-state index < -0.39 is 12.0 Å². The molecule has 5 heteroatoms. The van der Waals surface area contributed by atoms with Crippen molar-refractivity contribution in [1.29, 1.82) is 0 Å². The Morgan fingerprint density at radius 3 is 2.67 bits per heavy atom. The van der Waals surface area contributed by atoms with Crippen LogP contribution >= 0.6 is 0 Å². The highest BCUT2D eigenvalue weighted by molar-refractivity contribution is 5.76. The van der Waals surface area contributed by atoms with Crippen LogP contribution in [0, 0.1) is 5.92 Å². The molecule has 0 heterocycles. The molecule has 0 aromatic carbocycles. The molecule has 0 aliphatic heterocycles. The second-order valence-corrected chi connectivity index (χ2v) is 2.56. The standard InChI is InChI=1S/C7H13N3O2/c1-4-5(2)6(9-10-8)7(11)12-3/h5-6H,4H2,1-3H3/t5-,6+/m0/s1. The zero-order valence-electron chi connectivity index (χ0n) is 7.52. The first kappa shape index (κ1) is 10.8. The summed E-state index contributed by atoms with van der Waals surface area (Å²) in [6, 6.07) is -0.690. The number of esters is 1. The molecule has 0 aromatic heterocycles. The van der Waals surface area contributed by atoms with Gasteiger partial charge in [0.25, 0.3) is 0 Å². The molecule has 0 bridgehead atoms. The molecule has 0 aromatic rings. The molecule has 0 aliphatic rings. The van der Waals surface area contributed by atoms with Crippen molar-refractivity contribution < 1.29 is 9.53 Å². The maximum atomic E-state index is 11.0. The van der Waals surface area contributed by atoms with E-state index in [0.717, 1.165) is 6.42 Å². The van der Waals surface area contributed by atoms with Gasteiger partial charge in [0.1, 0.15) is 6.04 Å². The highest BCUT2D eigenvalue weighted by atomic mass is 16.5. The topological polar surface area (TPSA) is 75.1 Å². The van der Waals surface area contributed by atoms with Crippen LogP contribution in [-0.2, 0) is 9.53 Å². The lowest BCUT2D eigenvalue weighted by Crippen LogP contribution is -2.26. The van der Waals surface area contributed by atoms with E-state index in [4.69, 9.17) is 5.53 Å². The number of methoxy groups -OCH3 is 1. The summed E-state index contributed by atoms with van der Waals surface area (Å²) in [5.74, 6) is -0.449. The first-order chi connectivity index (χ1) is 5.67. The number of azide groups is 1. The van der Waals surface area contributed by atoms with E-state index in [1.807, 2.05) is 13.8 Å². The van der Waals surface area contributed by atoms with Crippen molar-refractivity contribution in [3.63, 3.8) is 0 Å². The molecule has 0 unspecified atom stereocenters. The predicted octanol–water partition coefficient (Wildman–Crippen LogP) is 1.88. The van der Waals surface area contributed by atoms with E-state index in [2.05, 4.69) is 14.8 Å². The van der Waals surface area contributed by atoms with Gasteiger partial charge in [-0.05, 0) is 11.4 Å². The quantitative estimate of drug-likeness (QED) is 0.280. The molecule has 0 aliphatic carbocycles. The van der Waals surface area contributed by atoms with Crippen LogP contribution in [-0.4, -0.2) is 19.1 Å². The normalized spacial score (nSPS) is 14.2. The third-order valence-corrected chi connectivity index (χ3v) is 1.80. The first-order valence-electron chi connectivity index (χ1n) is 3.79. The number of rotatable bonds is 4. The first-order valence-corrected chi connectivity index (χ1v) is 3.79. The fourth-order valence-corrected chi connectivity index (χ4v) is 0.793. The minimum absolute atomic E-state index is 0.0216. The van der Waals surface area contributed by atoms with Crippen molar-refractivity contribution in [1.82, 2.24) is 0 Å². The number of carbonyl (C=O) groups is 1. The Morgan fingerprint density at radius 2 is 2.33 bits per heavy atom. The average molecular weight is 171 g/mol. The number of carbonyl (C=O) groups excluding carboxylic acids is 1. The Bertz CT molecular complexity index is 199. The van der Waals surface area contributed by atoms with Crippen LogP contribution < -0.4 is 0 Å². The molecule has 2 atom stereocenters. The number of nitrogens with zero attached hydrogens (tertiary/aromatic N) is 3. The maximum absolute atomic E-state index is 11.0. The van der Waals surface area contributed by atoms with Gasteiger partial charge in [-0.25, -0.2) is 0 Å². The van der Waals surface area contributed by atoms with E-state index in [1.165, 1.54) is 7.11 Å². The fourth-order valence-electron chi connectivity index (χ4n) is 0.793. The number of hydrogen-bond donors (Lipinski definition) is 0. The van der Waals surface area contributed by atoms with Crippen molar-refractivity contribution >= 4 is 5.97 Å². The van der Waals surface area contributed by atoms with Gasteiger partial charge in [-0.15, -0.1) is 0 Å². The van der Waals surface area contributed by atoms with Crippen molar-refractivity contribution in [3.05, 3.63) is 10.4 Å².